The Balaban J connectivity index is 1.68. The summed E-state index contributed by atoms with van der Waals surface area (Å²) in [6.45, 7) is 3.31. The number of hydrogen-bond donors (Lipinski definition) is 1. The fourth-order valence-electron chi connectivity index (χ4n) is 2.96. The van der Waals surface area contributed by atoms with Gasteiger partial charge < -0.3 is 19.5 Å². The zero-order valence-corrected chi connectivity index (χ0v) is 16.5. The first-order chi connectivity index (χ1) is 13.9. The Bertz CT molecular complexity index is 917. The number of nitro benzene ring substituents is 1. The maximum absolute atomic E-state index is 12.7. The van der Waals surface area contributed by atoms with Crippen LogP contribution in [0.25, 0.3) is 0 Å². The number of ether oxygens (including phenoxy) is 3. The minimum atomic E-state index is -0.521. The van der Waals surface area contributed by atoms with Crippen molar-refractivity contribution in [1.29, 1.82) is 0 Å². The molecule has 0 aliphatic carbocycles. The molecular weight excluding hydrogens is 378 g/mol. The normalized spacial score (nSPS) is 13.7. The molecular formula is C20H23N3O6. The largest absolute Gasteiger partial charge is 0.495 e. The van der Waals surface area contributed by atoms with E-state index in [2.05, 4.69) is 5.32 Å². The lowest BCUT2D eigenvalue weighted by molar-refractivity contribution is -0.384. The lowest BCUT2D eigenvalue weighted by Gasteiger charge is -2.25. The summed E-state index contributed by atoms with van der Waals surface area (Å²) in [5.74, 6) is 1.46. The monoisotopic (exact) mass is 401 g/mol. The first-order valence-corrected chi connectivity index (χ1v) is 9.11. The number of benzene rings is 2. The highest BCUT2D eigenvalue weighted by Gasteiger charge is 2.22. The van der Waals surface area contributed by atoms with E-state index in [0.29, 0.717) is 37.0 Å². The lowest BCUT2D eigenvalue weighted by atomic mass is 10.1. The summed E-state index contributed by atoms with van der Waals surface area (Å²) in [6.07, 6.45) is 0. The molecule has 1 unspecified atom stereocenters. The van der Waals surface area contributed by atoms with Crippen molar-refractivity contribution in [3.8, 4) is 17.2 Å². The molecule has 154 valence electrons. The Morgan fingerprint density at radius 3 is 2.66 bits per heavy atom. The van der Waals surface area contributed by atoms with Crippen LogP contribution < -0.4 is 19.5 Å². The van der Waals surface area contributed by atoms with Crippen molar-refractivity contribution in [2.24, 2.45) is 0 Å². The first-order valence-electron chi connectivity index (χ1n) is 9.11. The SMILES string of the molecule is COc1ccc([N+](=O)[O-])cc1NC(=O)C(C)N(C)Cc1ccc2c(c1)OCCO2. The lowest BCUT2D eigenvalue weighted by Crippen LogP contribution is -2.39. The number of nitrogens with zero attached hydrogens (tertiary/aromatic N) is 2. The van der Waals surface area contributed by atoms with E-state index in [0.717, 1.165) is 5.56 Å². The molecule has 1 aliphatic rings. The van der Waals surface area contributed by atoms with Crippen molar-refractivity contribution in [2.75, 3.05) is 32.7 Å². The molecule has 2 aromatic rings. The van der Waals surface area contributed by atoms with E-state index in [1.807, 2.05) is 30.1 Å². The number of amides is 1. The molecule has 0 spiro atoms. The molecule has 29 heavy (non-hydrogen) atoms. The van der Waals surface area contributed by atoms with Gasteiger partial charge in [0.25, 0.3) is 5.69 Å². The Hall–Kier alpha value is -3.33. The average molecular weight is 401 g/mol. The second-order valence-corrected chi connectivity index (χ2v) is 6.70. The average Bonchev–Trinajstić information content (AvgIpc) is 2.72. The van der Waals surface area contributed by atoms with Crippen LogP contribution in [0.5, 0.6) is 17.2 Å². The van der Waals surface area contributed by atoms with Gasteiger partial charge in [-0.2, -0.15) is 0 Å². The quantitative estimate of drug-likeness (QED) is 0.562. The predicted octanol–water partition coefficient (Wildman–Crippen LogP) is 2.83. The van der Waals surface area contributed by atoms with E-state index >= 15 is 0 Å². The van der Waals surface area contributed by atoms with Gasteiger partial charge in [-0.25, -0.2) is 0 Å². The molecule has 0 saturated heterocycles. The number of likely N-dealkylation sites (N-methyl/N-ethyl adjacent to an activating group) is 1. The molecule has 0 fully saturated rings. The number of anilines is 1. The Labute approximate surface area is 168 Å². The molecule has 0 saturated carbocycles. The molecule has 1 N–H and O–H groups in total. The van der Waals surface area contributed by atoms with Crippen LogP contribution in [0, 0.1) is 10.1 Å². The molecule has 1 amide bonds. The summed E-state index contributed by atoms with van der Waals surface area (Å²) in [5.41, 5.74) is 1.11. The third-order valence-corrected chi connectivity index (χ3v) is 4.73. The summed E-state index contributed by atoms with van der Waals surface area (Å²) >= 11 is 0. The van der Waals surface area contributed by atoms with Crippen molar-refractivity contribution in [3.05, 3.63) is 52.1 Å². The van der Waals surface area contributed by atoms with Gasteiger partial charge >= 0.3 is 0 Å². The van der Waals surface area contributed by atoms with Gasteiger partial charge in [-0.05, 0) is 37.7 Å². The molecule has 0 bridgehead atoms. The van der Waals surface area contributed by atoms with Crippen LogP contribution >= 0.6 is 0 Å². The standard InChI is InChI=1S/C20H23N3O6/c1-13(20(24)21-16-11-15(23(25)26)5-7-17(16)27-3)22(2)12-14-4-6-18-19(10-14)29-9-8-28-18/h4-7,10-11,13H,8-9,12H2,1-3H3,(H,21,24). The van der Waals surface area contributed by atoms with Crippen LogP contribution in [0.2, 0.25) is 0 Å². The number of rotatable bonds is 7. The van der Waals surface area contributed by atoms with Crippen LogP contribution in [0.1, 0.15) is 12.5 Å². The zero-order valence-electron chi connectivity index (χ0n) is 16.5. The second-order valence-electron chi connectivity index (χ2n) is 6.70. The number of carbonyl (C=O) groups is 1. The van der Waals surface area contributed by atoms with Gasteiger partial charge in [0.15, 0.2) is 11.5 Å². The molecule has 0 aromatic heterocycles. The molecule has 1 aliphatic heterocycles. The topological polar surface area (TPSA) is 103 Å². The third-order valence-electron chi connectivity index (χ3n) is 4.73. The fourth-order valence-corrected chi connectivity index (χ4v) is 2.96. The zero-order chi connectivity index (χ0) is 21.0. The summed E-state index contributed by atoms with van der Waals surface area (Å²) in [4.78, 5) is 25.1. The molecule has 9 heteroatoms. The Morgan fingerprint density at radius 2 is 1.97 bits per heavy atom. The number of fused-ring (bicyclic) bond motifs is 1. The Kier molecular flexibility index (Phi) is 6.18. The molecule has 9 nitrogen and oxygen atoms in total. The number of methoxy groups -OCH3 is 1. The minimum absolute atomic E-state index is 0.126. The third kappa shape index (κ3) is 4.75. The number of non-ortho nitro benzene ring substituents is 1. The highest BCUT2D eigenvalue weighted by Crippen LogP contribution is 2.31. The summed E-state index contributed by atoms with van der Waals surface area (Å²) < 4.78 is 16.3. The van der Waals surface area contributed by atoms with Gasteiger partial charge in [0, 0.05) is 18.7 Å². The van der Waals surface area contributed by atoms with Crippen molar-refractivity contribution < 1.29 is 23.9 Å². The van der Waals surface area contributed by atoms with E-state index in [1.54, 1.807) is 6.92 Å². The van der Waals surface area contributed by atoms with E-state index in [1.165, 1.54) is 25.3 Å². The first kappa shape index (κ1) is 20.4. The van der Waals surface area contributed by atoms with Crippen LogP contribution in [-0.2, 0) is 11.3 Å². The second kappa shape index (κ2) is 8.78. The van der Waals surface area contributed by atoms with Gasteiger partial charge in [0.2, 0.25) is 5.91 Å². The molecule has 0 radical (unpaired) electrons. The highest BCUT2D eigenvalue weighted by molar-refractivity contribution is 5.96. The summed E-state index contributed by atoms with van der Waals surface area (Å²) in [5, 5.41) is 13.7. The van der Waals surface area contributed by atoms with Gasteiger partial charge in [0.1, 0.15) is 19.0 Å². The summed E-state index contributed by atoms with van der Waals surface area (Å²) in [6, 6.07) is 9.26. The number of carbonyl (C=O) groups excluding carboxylic acids is 1. The maximum atomic E-state index is 12.7. The van der Waals surface area contributed by atoms with E-state index < -0.39 is 11.0 Å². The molecule has 2 aromatic carbocycles. The van der Waals surface area contributed by atoms with E-state index in [4.69, 9.17) is 14.2 Å². The smallest absolute Gasteiger partial charge is 0.271 e. The minimum Gasteiger partial charge on any atom is -0.495 e. The van der Waals surface area contributed by atoms with Gasteiger partial charge in [-0.15, -0.1) is 0 Å². The fraction of sp³-hybridized carbons (Fsp3) is 0.350. The number of nitrogens with one attached hydrogen (secondary N) is 1. The van der Waals surface area contributed by atoms with Crippen molar-refractivity contribution >= 4 is 17.3 Å². The van der Waals surface area contributed by atoms with Crippen molar-refractivity contribution in [1.82, 2.24) is 4.90 Å². The van der Waals surface area contributed by atoms with Crippen molar-refractivity contribution in [2.45, 2.75) is 19.5 Å². The van der Waals surface area contributed by atoms with Crippen LogP contribution in [0.15, 0.2) is 36.4 Å². The number of nitro groups is 1. The van der Waals surface area contributed by atoms with E-state index in [-0.39, 0.29) is 17.3 Å². The van der Waals surface area contributed by atoms with Crippen LogP contribution in [0.4, 0.5) is 11.4 Å². The van der Waals surface area contributed by atoms with Crippen molar-refractivity contribution in [3.63, 3.8) is 0 Å². The maximum Gasteiger partial charge on any atom is 0.271 e. The van der Waals surface area contributed by atoms with E-state index in [9.17, 15) is 14.9 Å². The number of hydrogen-bond acceptors (Lipinski definition) is 7. The molecule has 1 atom stereocenters. The molecule has 1 heterocycles. The Morgan fingerprint density at radius 1 is 1.24 bits per heavy atom. The summed E-state index contributed by atoms with van der Waals surface area (Å²) in [7, 11) is 3.26. The van der Waals surface area contributed by atoms with Gasteiger partial charge in [-0.1, -0.05) is 6.07 Å². The van der Waals surface area contributed by atoms with Crippen LogP contribution in [0.3, 0.4) is 0 Å². The predicted molar refractivity (Wildman–Crippen MR) is 107 cm³/mol. The van der Waals surface area contributed by atoms with Gasteiger partial charge in [-0.3, -0.25) is 19.8 Å². The highest BCUT2D eigenvalue weighted by atomic mass is 16.6. The molecule has 3 rings (SSSR count). The van der Waals surface area contributed by atoms with Crippen LogP contribution in [-0.4, -0.2) is 49.1 Å². The van der Waals surface area contributed by atoms with Gasteiger partial charge in [0.05, 0.1) is 23.8 Å².